The van der Waals surface area contributed by atoms with E-state index in [2.05, 4.69) is 9.97 Å². The molecule has 0 saturated carbocycles. The second-order valence-electron chi connectivity index (χ2n) is 4.04. The zero-order valence-corrected chi connectivity index (χ0v) is 11.1. The molecule has 2 heterocycles. The molecule has 0 spiro atoms. The fourth-order valence-corrected chi connectivity index (χ4v) is 1.83. The molecule has 5 nitrogen and oxygen atoms in total. The highest BCUT2D eigenvalue weighted by molar-refractivity contribution is 5.42. The Morgan fingerprint density at radius 2 is 1.94 bits per heavy atom. The van der Waals surface area contributed by atoms with Crippen LogP contribution in [0.15, 0.2) is 18.6 Å². The van der Waals surface area contributed by atoms with E-state index in [0.717, 1.165) is 17.1 Å². The Labute approximate surface area is 106 Å². The minimum absolute atomic E-state index is 0.618. The third kappa shape index (κ3) is 2.16. The molecule has 0 N–H and O–H groups in total. The largest absolute Gasteiger partial charge is 0.493 e. The van der Waals surface area contributed by atoms with E-state index in [4.69, 9.17) is 9.47 Å². The maximum atomic E-state index is 5.37. The Bertz CT molecular complexity index is 549. The predicted octanol–water partition coefficient (Wildman–Crippen LogP) is 1.96. The van der Waals surface area contributed by atoms with Gasteiger partial charge in [-0.25, -0.2) is 4.98 Å². The molecule has 0 aliphatic carbocycles. The first-order chi connectivity index (χ1) is 8.67. The highest BCUT2D eigenvalue weighted by Gasteiger charge is 2.12. The molecule has 5 heteroatoms. The fourth-order valence-electron chi connectivity index (χ4n) is 1.83. The van der Waals surface area contributed by atoms with Crippen LogP contribution in [0.3, 0.4) is 0 Å². The molecular weight excluding hydrogens is 230 g/mol. The van der Waals surface area contributed by atoms with Crippen LogP contribution in [0, 0.1) is 13.8 Å². The van der Waals surface area contributed by atoms with Crippen LogP contribution < -0.4 is 9.47 Å². The van der Waals surface area contributed by atoms with E-state index in [1.807, 2.05) is 24.7 Å². The lowest BCUT2D eigenvalue weighted by atomic mass is 10.3. The number of pyridine rings is 1. The molecule has 96 valence electrons. The molecule has 0 fully saturated rings. The zero-order chi connectivity index (χ0) is 13.1. The molecule has 0 amide bonds. The van der Waals surface area contributed by atoms with Crippen LogP contribution in [0.2, 0.25) is 0 Å². The molecule has 0 aliphatic rings. The molecule has 0 saturated heterocycles. The van der Waals surface area contributed by atoms with Crippen molar-refractivity contribution in [3.63, 3.8) is 0 Å². The van der Waals surface area contributed by atoms with Gasteiger partial charge in [0.15, 0.2) is 11.5 Å². The molecule has 0 radical (unpaired) electrons. The Kier molecular flexibility index (Phi) is 3.50. The average Bonchev–Trinajstić information content (AvgIpc) is 2.70. The summed E-state index contributed by atoms with van der Waals surface area (Å²) in [6, 6.07) is 1.79. The van der Waals surface area contributed by atoms with Gasteiger partial charge >= 0.3 is 0 Å². The molecule has 0 bridgehead atoms. The number of rotatable bonds is 4. The SMILES string of the molecule is COc1ccnc(Cn2cnc(C)c2C)c1OC. The van der Waals surface area contributed by atoms with E-state index in [1.54, 1.807) is 26.5 Å². The number of ether oxygens (including phenoxy) is 2. The second kappa shape index (κ2) is 5.08. The van der Waals surface area contributed by atoms with Crippen molar-refractivity contribution in [3.8, 4) is 11.5 Å². The van der Waals surface area contributed by atoms with Gasteiger partial charge in [-0.15, -0.1) is 0 Å². The van der Waals surface area contributed by atoms with Crippen LogP contribution in [-0.4, -0.2) is 28.8 Å². The quantitative estimate of drug-likeness (QED) is 0.828. The summed E-state index contributed by atoms with van der Waals surface area (Å²) >= 11 is 0. The fraction of sp³-hybridized carbons (Fsp3) is 0.385. The molecule has 18 heavy (non-hydrogen) atoms. The lowest BCUT2D eigenvalue weighted by Crippen LogP contribution is -2.05. The van der Waals surface area contributed by atoms with Gasteiger partial charge in [0.2, 0.25) is 0 Å². The monoisotopic (exact) mass is 247 g/mol. The topological polar surface area (TPSA) is 49.2 Å². The van der Waals surface area contributed by atoms with Gasteiger partial charge in [-0.1, -0.05) is 0 Å². The van der Waals surface area contributed by atoms with Crippen LogP contribution >= 0.6 is 0 Å². The molecular formula is C13H17N3O2. The number of hydrogen-bond donors (Lipinski definition) is 0. The van der Waals surface area contributed by atoms with E-state index in [0.29, 0.717) is 18.0 Å². The average molecular weight is 247 g/mol. The van der Waals surface area contributed by atoms with Crippen molar-refractivity contribution in [2.24, 2.45) is 0 Å². The van der Waals surface area contributed by atoms with Crippen LogP contribution in [0.5, 0.6) is 11.5 Å². The Morgan fingerprint density at radius 1 is 1.17 bits per heavy atom. The summed E-state index contributed by atoms with van der Waals surface area (Å²) in [6.45, 7) is 4.64. The first kappa shape index (κ1) is 12.4. The molecule has 2 rings (SSSR count). The first-order valence-corrected chi connectivity index (χ1v) is 5.71. The van der Waals surface area contributed by atoms with Gasteiger partial charge in [0.25, 0.3) is 0 Å². The Hall–Kier alpha value is -2.04. The van der Waals surface area contributed by atoms with E-state index < -0.39 is 0 Å². The minimum atomic E-state index is 0.618. The van der Waals surface area contributed by atoms with Crippen molar-refractivity contribution < 1.29 is 9.47 Å². The number of nitrogens with zero attached hydrogens (tertiary/aromatic N) is 3. The van der Waals surface area contributed by atoms with Crippen molar-refractivity contribution in [1.29, 1.82) is 0 Å². The van der Waals surface area contributed by atoms with E-state index >= 15 is 0 Å². The summed E-state index contributed by atoms with van der Waals surface area (Å²) in [6.07, 6.45) is 3.53. The van der Waals surface area contributed by atoms with Gasteiger partial charge in [0, 0.05) is 18.0 Å². The Balaban J connectivity index is 2.37. The van der Waals surface area contributed by atoms with Gasteiger partial charge in [-0.3, -0.25) is 4.98 Å². The first-order valence-electron chi connectivity index (χ1n) is 5.71. The standard InChI is InChI=1S/C13H17N3O2/c1-9-10(2)16(8-15-9)7-11-13(18-4)12(17-3)5-6-14-11/h5-6,8H,7H2,1-4H3. The van der Waals surface area contributed by atoms with E-state index in [9.17, 15) is 0 Å². The van der Waals surface area contributed by atoms with Gasteiger partial charge in [-0.05, 0) is 13.8 Å². The maximum absolute atomic E-state index is 5.37. The smallest absolute Gasteiger partial charge is 0.184 e. The highest BCUT2D eigenvalue weighted by atomic mass is 16.5. The van der Waals surface area contributed by atoms with Crippen LogP contribution in [-0.2, 0) is 6.54 Å². The third-order valence-electron chi connectivity index (χ3n) is 3.03. The summed E-state index contributed by atoms with van der Waals surface area (Å²) in [5, 5.41) is 0. The van der Waals surface area contributed by atoms with Gasteiger partial charge in [0.1, 0.15) is 5.69 Å². The molecule has 0 unspecified atom stereocenters. The maximum Gasteiger partial charge on any atom is 0.184 e. The van der Waals surface area contributed by atoms with Crippen molar-refractivity contribution in [3.05, 3.63) is 35.7 Å². The summed E-state index contributed by atoms with van der Waals surface area (Å²) in [5.74, 6) is 1.36. The van der Waals surface area contributed by atoms with Gasteiger partial charge in [0.05, 0.1) is 32.8 Å². The highest BCUT2D eigenvalue weighted by Crippen LogP contribution is 2.29. The van der Waals surface area contributed by atoms with Crippen LogP contribution in [0.1, 0.15) is 17.1 Å². The normalized spacial score (nSPS) is 10.4. The summed E-state index contributed by atoms with van der Waals surface area (Å²) in [7, 11) is 3.24. The second-order valence-corrected chi connectivity index (χ2v) is 4.04. The van der Waals surface area contributed by atoms with Crippen molar-refractivity contribution in [2.45, 2.75) is 20.4 Å². The van der Waals surface area contributed by atoms with E-state index in [-0.39, 0.29) is 0 Å². The van der Waals surface area contributed by atoms with Crippen molar-refractivity contribution >= 4 is 0 Å². The lowest BCUT2D eigenvalue weighted by Gasteiger charge is -2.12. The number of methoxy groups -OCH3 is 2. The van der Waals surface area contributed by atoms with Gasteiger partial charge in [-0.2, -0.15) is 0 Å². The number of aromatic nitrogens is 3. The predicted molar refractivity (Wildman–Crippen MR) is 68.1 cm³/mol. The van der Waals surface area contributed by atoms with E-state index in [1.165, 1.54) is 0 Å². The molecule has 0 atom stereocenters. The summed E-state index contributed by atoms with van der Waals surface area (Å²) in [4.78, 5) is 8.62. The zero-order valence-electron chi connectivity index (χ0n) is 11.1. The molecule has 0 aliphatic heterocycles. The summed E-state index contributed by atoms with van der Waals surface area (Å²) < 4.78 is 12.7. The lowest BCUT2D eigenvalue weighted by molar-refractivity contribution is 0.348. The minimum Gasteiger partial charge on any atom is -0.493 e. The number of hydrogen-bond acceptors (Lipinski definition) is 4. The van der Waals surface area contributed by atoms with Crippen molar-refractivity contribution in [2.75, 3.05) is 14.2 Å². The molecule has 0 aromatic carbocycles. The van der Waals surface area contributed by atoms with Crippen molar-refractivity contribution in [1.82, 2.24) is 14.5 Å². The third-order valence-corrected chi connectivity index (χ3v) is 3.03. The van der Waals surface area contributed by atoms with Gasteiger partial charge < -0.3 is 14.0 Å². The summed E-state index contributed by atoms with van der Waals surface area (Å²) in [5.41, 5.74) is 2.98. The van der Waals surface area contributed by atoms with Crippen LogP contribution in [0.4, 0.5) is 0 Å². The number of aryl methyl sites for hydroxylation is 1. The molecule has 2 aromatic heterocycles. The Morgan fingerprint density at radius 3 is 2.50 bits per heavy atom. The van der Waals surface area contributed by atoms with Crippen LogP contribution in [0.25, 0.3) is 0 Å². The number of imidazole rings is 1. The molecule has 2 aromatic rings.